The zero-order chi connectivity index (χ0) is 15.5. The molecule has 1 aliphatic heterocycles. The standard InChI is InChI=1S/C16H18N2O3S/c1-17-7-2-4-12(15(17)19)16(20)18-8-6-14(22-11-9-18)13-5-3-10-21-13/h2-5,7,10,14H,6,8-9,11H2,1H3/t14-/m0/s1. The summed E-state index contributed by atoms with van der Waals surface area (Å²) >= 11 is 1.79. The van der Waals surface area contributed by atoms with Crippen LogP contribution in [0, 0.1) is 0 Å². The highest BCUT2D eigenvalue weighted by Gasteiger charge is 2.25. The molecule has 5 nitrogen and oxygen atoms in total. The van der Waals surface area contributed by atoms with Crippen molar-refractivity contribution in [2.75, 3.05) is 18.8 Å². The SMILES string of the molecule is Cn1cccc(C(=O)N2CCS[C@H](c3ccco3)CC2)c1=O. The number of hydrogen-bond acceptors (Lipinski definition) is 4. The van der Waals surface area contributed by atoms with Gasteiger partial charge in [-0.3, -0.25) is 9.59 Å². The highest BCUT2D eigenvalue weighted by molar-refractivity contribution is 7.99. The molecule has 0 unspecified atom stereocenters. The first-order chi connectivity index (χ1) is 10.7. The first-order valence-corrected chi connectivity index (χ1v) is 8.31. The van der Waals surface area contributed by atoms with Crippen molar-refractivity contribution in [1.82, 2.24) is 9.47 Å². The maximum Gasteiger partial charge on any atom is 0.263 e. The van der Waals surface area contributed by atoms with E-state index in [2.05, 4.69) is 0 Å². The van der Waals surface area contributed by atoms with Gasteiger partial charge < -0.3 is 13.9 Å². The van der Waals surface area contributed by atoms with E-state index in [1.54, 1.807) is 48.3 Å². The van der Waals surface area contributed by atoms with E-state index in [0.717, 1.165) is 17.9 Å². The van der Waals surface area contributed by atoms with Gasteiger partial charge in [-0.2, -0.15) is 0 Å². The van der Waals surface area contributed by atoms with Gasteiger partial charge in [-0.05, 0) is 30.7 Å². The lowest BCUT2D eigenvalue weighted by Gasteiger charge is -2.20. The van der Waals surface area contributed by atoms with Gasteiger partial charge in [0.15, 0.2) is 0 Å². The molecule has 0 aromatic carbocycles. The smallest absolute Gasteiger partial charge is 0.263 e. The maximum absolute atomic E-state index is 12.6. The minimum atomic E-state index is -0.244. The molecule has 2 aromatic rings. The van der Waals surface area contributed by atoms with E-state index in [9.17, 15) is 9.59 Å². The van der Waals surface area contributed by atoms with Crippen LogP contribution in [0.2, 0.25) is 0 Å². The summed E-state index contributed by atoms with van der Waals surface area (Å²) in [6.07, 6.45) is 4.17. The summed E-state index contributed by atoms with van der Waals surface area (Å²) < 4.78 is 6.90. The number of nitrogens with zero attached hydrogens (tertiary/aromatic N) is 2. The number of hydrogen-bond donors (Lipinski definition) is 0. The van der Waals surface area contributed by atoms with Crippen LogP contribution < -0.4 is 5.56 Å². The maximum atomic E-state index is 12.6. The molecule has 2 aromatic heterocycles. The Bertz CT molecular complexity index is 708. The number of carbonyl (C=O) groups is 1. The van der Waals surface area contributed by atoms with Gasteiger partial charge in [0.1, 0.15) is 11.3 Å². The van der Waals surface area contributed by atoms with Crippen LogP contribution in [0.5, 0.6) is 0 Å². The summed E-state index contributed by atoms with van der Waals surface area (Å²) in [6.45, 7) is 1.29. The number of thioether (sulfide) groups is 1. The van der Waals surface area contributed by atoms with Gasteiger partial charge >= 0.3 is 0 Å². The lowest BCUT2D eigenvalue weighted by molar-refractivity contribution is 0.0763. The minimum absolute atomic E-state index is 0.179. The lowest BCUT2D eigenvalue weighted by atomic mass is 10.2. The molecule has 3 rings (SSSR count). The molecular weight excluding hydrogens is 300 g/mol. The van der Waals surface area contributed by atoms with Gasteiger partial charge in [-0.25, -0.2) is 0 Å². The van der Waals surface area contributed by atoms with Crippen LogP contribution in [-0.4, -0.2) is 34.2 Å². The molecule has 0 bridgehead atoms. The first kappa shape index (κ1) is 15.0. The average Bonchev–Trinajstić information content (AvgIpc) is 2.94. The second-order valence-electron chi connectivity index (χ2n) is 5.29. The second-order valence-corrected chi connectivity index (χ2v) is 6.60. The van der Waals surface area contributed by atoms with Crippen LogP contribution in [-0.2, 0) is 7.05 Å². The van der Waals surface area contributed by atoms with Crippen LogP contribution in [0.25, 0.3) is 0 Å². The van der Waals surface area contributed by atoms with Gasteiger partial charge in [0.05, 0.1) is 11.5 Å². The largest absolute Gasteiger partial charge is 0.468 e. The normalized spacial score (nSPS) is 19.0. The van der Waals surface area contributed by atoms with Crippen molar-refractivity contribution in [1.29, 1.82) is 0 Å². The summed E-state index contributed by atoms with van der Waals surface area (Å²) in [5.74, 6) is 1.61. The Morgan fingerprint density at radius 2 is 2.18 bits per heavy atom. The van der Waals surface area contributed by atoms with Crippen LogP contribution in [0.3, 0.4) is 0 Å². The number of furan rings is 1. The van der Waals surface area contributed by atoms with E-state index >= 15 is 0 Å². The molecule has 0 spiro atoms. The fraction of sp³-hybridized carbons (Fsp3) is 0.375. The third-order valence-corrected chi connectivity index (χ3v) is 5.13. The molecule has 0 aliphatic carbocycles. The Labute approximate surface area is 132 Å². The van der Waals surface area contributed by atoms with Gasteiger partial charge in [0.2, 0.25) is 0 Å². The summed E-state index contributed by atoms with van der Waals surface area (Å²) in [7, 11) is 1.66. The molecule has 3 heterocycles. The second kappa shape index (κ2) is 6.44. The number of pyridine rings is 1. The Hall–Kier alpha value is -1.95. The molecule has 22 heavy (non-hydrogen) atoms. The van der Waals surface area contributed by atoms with Gasteiger partial charge in [0, 0.05) is 32.1 Å². The molecule has 0 saturated carbocycles. The molecule has 1 saturated heterocycles. The van der Waals surface area contributed by atoms with E-state index in [1.165, 1.54) is 4.57 Å². The van der Waals surface area contributed by atoms with E-state index in [-0.39, 0.29) is 22.3 Å². The van der Waals surface area contributed by atoms with Crippen LogP contribution in [0.1, 0.15) is 27.8 Å². The van der Waals surface area contributed by atoms with Crippen molar-refractivity contribution in [3.05, 3.63) is 58.4 Å². The predicted molar refractivity (Wildman–Crippen MR) is 86.1 cm³/mol. The number of amides is 1. The predicted octanol–water partition coefficient (Wildman–Crippen LogP) is 2.30. The average molecular weight is 318 g/mol. The molecule has 1 atom stereocenters. The molecule has 0 radical (unpaired) electrons. The zero-order valence-electron chi connectivity index (χ0n) is 12.4. The highest BCUT2D eigenvalue weighted by atomic mass is 32.2. The van der Waals surface area contributed by atoms with E-state index < -0.39 is 0 Å². The van der Waals surface area contributed by atoms with Crippen LogP contribution in [0.4, 0.5) is 0 Å². The number of aryl methyl sites for hydroxylation is 1. The summed E-state index contributed by atoms with van der Waals surface area (Å²) in [5, 5.41) is 0.270. The Kier molecular flexibility index (Phi) is 4.38. The Morgan fingerprint density at radius 1 is 1.32 bits per heavy atom. The highest BCUT2D eigenvalue weighted by Crippen LogP contribution is 2.34. The van der Waals surface area contributed by atoms with Crippen molar-refractivity contribution in [3.8, 4) is 0 Å². The van der Waals surface area contributed by atoms with Crippen molar-refractivity contribution in [2.24, 2.45) is 7.05 Å². The molecule has 1 amide bonds. The molecule has 0 N–H and O–H groups in total. The molecule has 6 heteroatoms. The van der Waals surface area contributed by atoms with E-state index in [0.29, 0.717) is 13.1 Å². The number of aromatic nitrogens is 1. The van der Waals surface area contributed by atoms with Crippen molar-refractivity contribution in [2.45, 2.75) is 11.7 Å². The fourth-order valence-corrected chi connectivity index (χ4v) is 3.79. The van der Waals surface area contributed by atoms with Gasteiger partial charge in [0.25, 0.3) is 11.5 Å². The van der Waals surface area contributed by atoms with E-state index in [1.807, 2.05) is 12.1 Å². The molecule has 1 fully saturated rings. The Morgan fingerprint density at radius 3 is 2.95 bits per heavy atom. The summed E-state index contributed by atoms with van der Waals surface area (Å²) in [6, 6.07) is 7.19. The van der Waals surface area contributed by atoms with Crippen LogP contribution >= 0.6 is 11.8 Å². The minimum Gasteiger partial charge on any atom is -0.468 e. The van der Waals surface area contributed by atoms with Crippen molar-refractivity contribution >= 4 is 17.7 Å². The topological polar surface area (TPSA) is 55.5 Å². The summed E-state index contributed by atoms with van der Waals surface area (Å²) in [4.78, 5) is 26.5. The van der Waals surface area contributed by atoms with Crippen molar-refractivity contribution < 1.29 is 9.21 Å². The third-order valence-electron chi connectivity index (χ3n) is 3.84. The van der Waals surface area contributed by atoms with Crippen LogP contribution in [0.15, 0.2) is 45.9 Å². The monoisotopic (exact) mass is 318 g/mol. The fourth-order valence-electron chi connectivity index (χ4n) is 2.61. The summed E-state index contributed by atoms with van der Waals surface area (Å²) in [5.41, 5.74) is -0.00145. The number of carbonyl (C=O) groups excluding carboxylic acids is 1. The van der Waals surface area contributed by atoms with Gasteiger partial charge in [-0.15, -0.1) is 11.8 Å². The lowest BCUT2D eigenvalue weighted by Crippen LogP contribution is -2.37. The molecular formula is C16H18N2O3S. The first-order valence-electron chi connectivity index (χ1n) is 7.27. The Balaban J connectivity index is 1.74. The molecule has 1 aliphatic rings. The van der Waals surface area contributed by atoms with Gasteiger partial charge in [-0.1, -0.05) is 0 Å². The quantitative estimate of drug-likeness (QED) is 0.852. The third kappa shape index (κ3) is 2.97. The van der Waals surface area contributed by atoms with Crippen molar-refractivity contribution in [3.63, 3.8) is 0 Å². The van der Waals surface area contributed by atoms with E-state index in [4.69, 9.17) is 4.42 Å². The molecule has 116 valence electrons. The number of rotatable bonds is 2. The zero-order valence-corrected chi connectivity index (χ0v) is 13.2.